The van der Waals surface area contributed by atoms with Crippen LogP contribution in [0.4, 0.5) is 0 Å². The molecular formula is C52H100O6. The zero-order valence-corrected chi connectivity index (χ0v) is 39.7. The normalized spacial score (nSPS) is 12.1. The first kappa shape index (κ1) is 56.4. The van der Waals surface area contributed by atoms with Gasteiger partial charge in [-0.25, -0.2) is 0 Å². The number of carbonyl (C=O) groups excluding carboxylic acids is 3. The van der Waals surface area contributed by atoms with Crippen LogP contribution in [0, 0.1) is 11.8 Å². The molecule has 0 spiro atoms. The summed E-state index contributed by atoms with van der Waals surface area (Å²) in [4.78, 5) is 37.9. The monoisotopic (exact) mass is 821 g/mol. The van der Waals surface area contributed by atoms with Crippen molar-refractivity contribution in [3.8, 4) is 0 Å². The molecule has 0 aliphatic rings. The lowest BCUT2D eigenvalue weighted by molar-refractivity contribution is -0.167. The molecular weight excluding hydrogens is 721 g/mol. The van der Waals surface area contributed by atoms with E-state index in [0.717, 1.165) is 69.6 Å². The van der Waals surface area contributed by atoms with E-state index in [1.165, 1.54) is 173 Å². The molecule has 0 N–H and O–H groups in total. The Morgan fingerprint density at radius 1 is 0.328 bits per heavy atom. The van der Waals surface area contributed by atoms with E-state index in [-0.39, 0.29) is 31.1 Å². The van der Waals surface area contributed by atoms with Crippen LogP contribution in [0.15, 0.2) is 0 Å². The quantitative estimate of drug-likeness (QED) is 0.0346. The number of hydrogen-bond acceptors (Lipinski definition) is 6. The molecule has 0 unspecified atom stereocenters. The fourth-order valence-electron chi connectivity index (χ4n) is 7.81. The molecule has 1 atom stereocenters. The summed E-state index contributed by atoms with van der Waals surface area (Å²) < 4.78 is 16.8. The second-order valence-electron chi connectivity index (χ2n) is 18.8. The molecule has 6 nitrogen and oxygen atoms in total. The largest absolute Gasteiger partial charge is 0.462 e. The van der Waals surface area contributed by atoms with Crippen LogP contribution in [0.5, 0.6) is 0 Å². The average molecular weight is 821 g/mol. The molecule has 6 heteroatoms. The second-order valence-corrected chi connectivity index (χ2v) is 18.8. The second kappa shape index (κ2) is 44.9. The third-order valence-electron chi connectivity index (χ3n) is 11.7. The standard InChI is InChI=1S/C52H100O6/c1-6-7-8-9-10-11-12-13-14-15-16-17-18-22-27-32-37-42-50(53)56-45-49(58-52(55)44-39-34-29-24-26-31-36-41-48(4)5)46-57-51(54)43-38-33-28-23-20-19-21-25-30-35-40-47(2)3/h47-49H,6-46H2,1-5H3/t49-/m0/s1. The Balaban J connectivity index is 4.26. The van der Waals surface area contributed by atoms with Gasteiger partial charge < -0.3 is 14.2 Å². The van der Waals surface area contributed by atoms with Crippen molar-refractivity contribution in [1.29, 1.82) is 0 Å². The Kier molecular flexibility index (Phi) is 43.7. The smallest absolute Gasteiger partial charge is 0.306 e. The van der Waals surface area contributed by atoms with Gasteiger partial charge in [0.05, 0.1) is 0 Å². The number of hydrogen-bond donors (Lipinski definition) is 0. The number of ether oxygens (including phenoxy) is 3. The molecule has 0 aromatic rings. The maximum atomic E-state index is 12.7. The molecule has 0 amide bonds. The van der Waals surface area contributed by atoms with E-state index in [1.54, 1.807) is 0 Å². The SMILES string of the molecule is CCCCCCCCCCCCCCCCCCCC(=O)OC[C@@H](COC(=O)CCCCCCCCCCCCC(C)C)OC(=O)CCCCCCCCCC(C)C. The van der Waals surface area contributed by atoms with Crippen LogP contribution in [-0.2, 0) is 28.6 Å². The van der Waals surface area contributed by atoms with Gasteiger partial charge in [0.1, 0.15) is 13.2 Å². The van der Waals surface area contributed by atoms with Crippen LogP contribution in [0.1, 0.15) is 285 Å². The minimum absolute atomic E-state index is 0.0646. The first-order valence-corrected chi connectivity index (χ1v) is 25.7. The molecule has 0 saturated heterocycles. The van der Waals surface area contributed by atoms with Crippen LogP contribution in [0.3, 0.4) is 0 Å². The summed E-state index contributed by atoms with van der Waals surface area (Å²) in [6, 6.07) is 0. The summed E-state index contributed by atoms with van der Waals surface area (Å²) >= 11 is 0. The van der Waals surface area contributed by atoms with Crippen LogP contribution in [0.2, 0.25) is 0 Å². The van der Waals surface area contributed by atoms with Gasteiger partial charge in [0.2, 0.25) is 0 Å². The van der Waals surface area contributed by atoms with Crippen molar-refractivity contribution in [2.45, 2.75) is 291 Å². The summed E-state index contributed by atoms with van der Waals surface area (Å²) in [5, 5.41) is 0. The Labute approximate surface area is 361 Å². The number of rotatable bonds is 46. The molecule has 0 saturated carbocycles. The highest BCUT2D eigenvalue weighted by atomic mass is 16.6. The predicted molar refractivity (Wildman–Crippen MR) is 247 cm³/mol. The number of esters is 3. The summed E-state index contributed by atoms with van der Waals surface area (Å²) in [6.45, 7) is 11.3. The first-order chi connectivity index (χ1) is 28.2. The molecule has 0 fully saturated rings. The van der Waals surface area contributed by atoms with Gasteiger partial charge in [0.25, 0.3) is 0 Å². The minimum atomic E-state index is -0.762. The topological polar surface area (TPSA) is 78.9 Å². The van der Waals surface area contributed by atoms with Crippen LogP contribution in [-0.4, -0.2) is 37.2 Å². The van der Waals surface area contributed by atoms with Gasteiger partial charge in [-0.2, -0.15) is 0 Å². The fourth-order valence-corrected chi connectivity index (χ4v) is 7.81. The van der Waals surface area contributed by atoms with Crippen molar-refractivity contribution in [3.05, 3.63) is 0 Å². The molecule has 0 rings (SSSR count). The van der Waals surface area contributed by atoms with Gasteiger partial charge in [-0.3, -0.25) is 14.4 Å². The third kappa shape index (κ3) is 45.5. The van der Waals surface area contributed by atoms with Crippen molar-refractivity contribution in [2.75, 3.05) is 13.2 Å². The highest BCUT2D eigenvalue weighted by Crippen LogP contribution is 2.17. The summed E-state index contributed by atoms with van der Waals surface area (Å²) in [7, 11) is 0. The molecule has 0 bridgehead atoms. The predicted octanol–water partition coefficient (Wildman–Crippen LogP) is 16.5. The van der Waals surface area contributed by atoms with E-state index in [1.807, 2.05) is 0 Å². The van der Waals surface area contributed by atoms with Crippen molar-refractivity contribution in [3.63, 3.8) is 0 Å². The Morgan fingerprint density at radius 2 is 0.569 bits per heavy atom. The maximum Gasteiger partial charge on any atom is 0.306 e. The first-order valence-electron chi connectivity index (χ1n) is 25.7. The molecule has 0 radical (unpaired) electrons. The van der Waals surface area contributed by atoms with E-state index in [0.29, 0.717) is 19.3 Å². The van der Waals surface area contributed by atoms with Gasteiger partial charge >= 0.3 is 17.9 Å². The highest BCUT2D eigenvalue weighted by molar-refractivity contribution is 5.71. The van der Waals surface area contributed by atoms with Crippen molar-refractivity contribution in [2.24, 2.45) is 11.8 Å². The molecule has 0 aliphatic carbocycles. The molecule has 58 heavy (non-hydrogen) atoms. The van der Waals surface area contributed by atoms with Gasteiger partial charge in [0.15, 0.2) is 6.10 Å². The number of unbranched alkanes of at least 4 members (excludes halogenated alkanes) is 31. The van der Waals surface area contributed by atoms with Crippen LogP contribution < -0.4 is 0 Å². The van der Waals surface area contributed by atoms with E-state index >= 15 is 0 Å². The lowest BCUT2D eigenvalue weighted by atomic mass is 10.0. The van der Waals surface area contributed by atoms with Crippen molar-refractivity contribution < 1.29 is 28.6 Å². The van der Waals surface area contributed by atoms with Gasteiger partial charge in [-0.15, -0.1) is 0 Å². The van der Waals surface area contributed by atoms with E-state index in [9.17, 15) is 14.4 Å². The minimum Gasteiger partial charge on any atom is -0.462 e. The zero-order chi connectivity index (χ0) is 42.6. The van der Waals surface area contributed by atoms with Gasteiger partial charge in [0, 0.05) is 19.3 Å². The Morgan fingerprint density at radius 3 is 0.845 bits per heavy atom. The van der Waals surface area contributed by atoms with Crippen molar-refractivity contribution in [1.82, 2.24) is 0 Å². The molecule has 0 aliphatic heterocycles. The Hall–Kier alpha value is -1.59. The fraction of sp³-hybridized carbons (Fsp3) is 0.942. The summed E-state index contributed by atoms with van der Waals surface area (Å²) in [5.41, 5.74) is 0. The highest BCUT2D eigenvalue weighted by Gasteiger charge is 2.19. The molecule has 0 aromatic carbocycles. The molecule has 0 heterocycles. The van der Waals surface area contributed by atoms with E-state index in [4.69, 9.17) is 14.2 Å². The van der Waals surface area contributed by atoms with Gasteiger partial charge in [-0.05, 0) is 31.1 Å². The van der Waals surface area contributed by atoms with Crippen LogP contribution in [0.25, 0.3) is 0 Å². The third-order valence-corrected chi connectivity index (χ3v) is 11.7. The lowest BCUT2D eigenvalue weighted by Crippen LogP contribution is -2.30. The average Bonchev–Trinajstić information content (AvgIpc) is 3.19. The molecule has 344 valence electrons. The van der Waals surface area contributed by atoms with E-state index < -0.39 is 6.10 Å². The zero-order valence-electron chi connectivity index (χ0n) is 39.7. The van der Waals surface area contributed by atoms with Crippen molar-refractivity contribution >= 4 is 17.9 Å². The van der Waals surface area contributed by atoms with Crippen LogP contribution >= 0.6 is 0 Å². The maximum absolute atomic E-state index is 12.7. The van der Waals surface area contributed by atoms with E-state index in [2.05, 4.69) is 34.6 Å². The Bertz CT molecular complexity index is 885. The molecule has 0 aromatic heterocycles. The summed E-state index contributed by atoms with van der Waals surface area (Å²) in [6.07, 6.45) is 45.3. The summed E-state index contributed by atoms with van der Waals surface area (Å²) in [5.74, 6) is 0.744. The number of carbonyl (C=O) groups is 3. The lowest BCUT2D eigenvalue weighted by Gasteiger charge is -2.18. The van der Waals surface area contributed by atoms with Gasteiger partial charge in [-0.1, -0.05) is 247 Å².